The van der Waals surface area contributed by atoms with Crippen molar-refractivity contribution in [3.8, 4) is 0 Å². The van der Waals surface area contributed by atoms with Gasteiger partial charge in [-0.15, -0.1) is 13.2 Å². The molecule has 0 unspecified atom stereocenters. The number of halogens is 1. The van der Waals surface area contributed by atoms with Crippen molar-refractivity contribution in [1.82, 2.24) is 0 Å². The van der Waals surface area contributed by atoms with Gasteiger partial charge < -0.3 is 0 Å². The second-order valence-electron chi connectivity index (χ2n) is 2.05. The molecule has 0 bridgehead atoms. The zero-order chi connectivity index (χ0) is 6.62. The Bertz CT molecular complexity index is 90.7. The summed E-state index contributed by atoms with van der Waals surface area (Å²) >= 11 is 5.71. The van der Waals surface area contributed by atoms with Crippen molar-refractivity contribution in [3.05, 3.63) is 25.3 Å². The van der Waals surface area contributed by atoms with Crippen molar-refractivity contribution in [2.75, 3.05) is 0 Å². The molecule has 0 N–H and O–H groups in total. The molecule has 0 rings (SSSR count). The largest absolute Gasteiger partial charge is 0.175 e. The Morgan fingerprint density at radius 2 is 1.88 bits per heavy atom. The Kier molecular flexibility index (Phi) is 3.10. The van der Waals surface area contributed by atoms with E-state index in [0.717, 1.165) is 0 Å². The maximum absolute atomic E-state index is 5.71. The average Bonchev–Trinajstić information content (AvgIpc) is 1.87. The summed E-state index contributed by atoms with van der Waals surface area (Å²) in [6, 6.07) is 0. The van der Waals surface area contributed by atoms with E-state index >= 15 is 0 Å². The van der Waals surface area contributed by atoms with Crippen LogP contribution in [-0.4, -0.2) is 8.83 Å². The van der Waals surface area contributed by atoms with Crippen molar-refractivity contribution in [2.24, 2.45) is 0 Å². The summed E-state index contributed by atoms with van der Waals surface area (Å²) in [6.07, 6.45) is 3.72. The van der Waals surface area contributed by atoms with Crippen LogP contribution in [0.15, 0.2) is 25.3 Å². The molecule has 0 atom stereocenters. The molecule has 0 radical (unpaired) electrons. The molecule has 0 saturated heterocycles. The van der Waals surface area contributed by atoms with Crippen molar-refractivity contribution in [2.45, 2.75) is 12.0 Å². The zero-order valence-electron chi connectivity index (χ0n) is 5.15. The summed E-state index contributed by atoms with van der Waals surface area (Å²) in [5, 5.41) is 0.0571. The van der Waals surface area contributed by atoms with Crippen molar-refractivity contribution in [1.29, 1.82) is 0 Å². The molecule has 0 aromatic carbocycles. The average molecular weight is 147 g/mol. The Balaban J connectivity index is 3.96. The van der Waals surface area contributed by atoms with Crippen LogP contribution in [0.4, 0.5) is 0 Å². The molecule has 0 heterocycles. The molecule has 46 valence electrons. The van der Waals surface area contributed by atoms with Crippen LogP contribution < -0.4 is 0 Å². The Hall–Kier alpha value is -0.0131. The van der Waals surface area contributed by atoms with Crippen LogP contribution in [0.2, 0.25) is 5.04 Å². The lowest BCUT2D eigenvalue weighted by Gasteiger charge is -2.14. The molecule has 0 aliphatic heterocycles. The second-order valence-corrected chi connectivity index (χ2v) is 4.64. The summed E-state index contributed by atoms with van der Waals surface area (Å²) in [5.74, 6) is 0. The van der Waals surface area contributed by atoms with E-state index in [1.54, 1.807) is 0 Å². The van der Waals surface area contributed by atoms with Crippen LogP contribution in [0.25, 0.3) is 0 Å². The van der Waals surface area contributed by atoms with Crippen LogP contribution in [0.1, 0.15) is 6.92 Å². The van der Waals surface area contributed by atoms with E-state index < -0.39 is 8.83 Å². The van der Waals surface area contributed by atoms with Crippen LogP contribution >= 0.6 is 11.1 Å². The number of hydrogen-bond donors (Lipinski definition) is 0. The van der Waals surface area contributed by atoms with Gasteiger partial charge in [0, 0.05) is 5.04 Å². The first-order valence-electron chi connectivity index (χ1n) is 2.51. The quantitative estimate of drug-likeness (QED) is 0.324. The first kappa shape index (κ1) is 7.99. The molecule has 0 aromatic heterocycles. The maximum atomic E-state index is 5.71. The van der Waals surface area contributed by atoms with Gasteiger partial charge in [-0.05, 0) is 0 Å². The topological polar surface area (TPSA) is 0 Å². The van der Waals surface area contributed by atoms with Crippen LogP contribution in [-0.2, 0) is 0 Å². The van der Waals surface area contributed by atoms with E-state index in [1.165, 1.54) is 0 Å². The summed E-state index contributed by atoms with van der Waals surface area (Å²) in [7, 11) is -0.532. The zero-order valence-corrected chi connectivity index (χ0v) is 7.32. The molecule has 0 saturated carbocycles. The minimum absolute atomic E-state index is 0.0571. The van der Waals surface area contributed by atoms with E-state index in [4.69, 9.17) is 11.1 Å². The summed E-state index contributed by atoms with van der Waals surface area (Å²) in [5.41, 5.74) is 0. The molecule has 0 nitrogen and oxygen atoms in total. The first-order valence-corrected chi connectivity index (χ1v) is 5.36. The number of rotatable bonds is 3. The highest BCUT2D eigenvalue weighted by Gasteiger charge is 2.12. The molecule has 0 aromatic rings. The maximum Gasteiger partial charge on any atom is 0.138 e. The highest BCUT2D eigenvalue weighted by atomic mass is 35.6. The van der Waals surface area contributed by atoms with Gasteiger partial charge in [0.05, 0.1) is 0 Å². The SMILES string of the molecule is C=CC(C)(C=C)[SiH2]Cl. The Labute approximate surface area is 57.8 Å². The summed E-state index contributed by atoms with van der Waals surface area (Å²) in [6.45, 7) is 9.35. The third-order valence-corrected chi connectivity index (χ3v) is 4.10. The van der Waals surface area contributed by atoms with Gasteiger partial charge in [-0.25, -0.2) is 0 Å². The minimum atomic E-state index is -0.532. The second kappa shape index (κ2) is 3.10. The molecule has 0 amide bonds. The molecule has 0 fully saturated rings. The molecule has 0 aliphatic carbocycles. The van der Waals surface area contributed by atoms with Gasteiger partial charge in [-0.3, -0.25) is 0 Å². The van der Waals surface area contributed by atoms with Gasteiger partial charge in [-0.1, -0.05) is 19.1 Å². The van der Waals surface area contributed by atoms with E-state index in [1.807, 2.05) is 19.1 Å². The molecule has 2 heteroatoms. The van der Waals surface area contributed by atoms with Gasteiger partial charge in [0.25, 0.3) is 0 Å². The number of hydrogen-bond acceptors (Lipinski definition) is 0. The predicted molar refractivity (Wildman–Crippen MR) is 43.2 cm³/mol. The lowest BCUT2D eigenvalue weighted by molar-refractivity contribution is 0.971. The molecular formula is C6H11ClSi. The third-order valence-electron chi connectivity index (χ3n) is 1.22. The fourth-order valence-electron chi connectivity index (χ4n) is 0.192. The van der Waals surface area contributed by atoms with Gasteiger partial charge in [0.1, 0.15) is 8.83 Å². The Morgan fingerprint density at radius 3 is 1.88 bits per heavy atom. The van der Waals surface area contributed by atoms with Gasteiger partial charge in [0.15, 0.2) is 0 Å². The lowest BCUT2D eigenvalue weighted by Crippen LogP contribution is -2.04. The first-order chi connectivity index (χ1) is 3.68. The predicted octanol–water partition coefficient (Wildman–Crippen LogP) is 1.86. The highest BCUT2D eigenvalue weighted by Crippen LogP contribution is 2.26. The van der Waals surface area contributed by atoms with Gasteiger partial charge in [0.2, 0.25) is 0 Å². The van der Waals surface area contributed by atoms with E-state index in [9.17, 15) is 0 Å². The van der Waals surface area contributed by atoms with E-state index in [2.05, 4.69) is 13.2 Å². The molecule has 0 spiro atoms. The van der Waals surface area contributed by atoms with E-state index in [-0.39, 0.29) is 5.04 Å². The van der Waals surface area contributed by atoms with Gasteiger partial charge in [-0.2, -0.15) is 11.1 Å². The fraction of sp³-hybridized carbons (Fsp3) is 0.333. The minimum Gasteiger partial charge on any atom is -0.175 e. The van der Waals surface area contributed by atoms with Gasteiger partial charge >= 0.3 is 0 Å². The molecule has 0 aliphatic rings. The smallest absolute Gasteiger partial charge is 0.138 e. The monoisotopic (exact) mass is 146 g/mol. The van der Waals surface area contributed by atoms with E-state index in [0.29, 0.717) is 0 Å². The molecular weight excluding hydrogens is 136 g/mol. The number of allylic oxidation sites excluding steroid dienone is 2. The van der Waals surface area contributed by atoms with Crippen molar-refractivity contribution >= 4 is 19.9 Å². The summed E-state index contributed by atoms with van der Waals surface area (Å²) < 4.78 is 0. The lowest BCUT2D eigenvalue weighted by atomic mass is 10.2. The summed E-state index contributed by atoms with van der Waals surface area (Å²) in [4.78, 5) is 0. The third kappa shape index (κ3) is 1.84. The van der Waals surface area contributed by atoms with Crippen LogP contribution in [0, 0.1) is 0 Å². The molecule has 8 heavy (non-hydrogen) atoms. The Morgan fingerprint density at radius 1 is 1.50 bits per heavy atom. The van der Waals surface area contributed by atoms with Crippen molar-refractivity contribution < 1.29 is 0 Å². The highest BCUT2D eigenvalue weighted by molar-refractivity contribution is 6.95. The normalized spacial score (nSPS) is 12.2. The fourth-order valence-corrected chi connectivity index (χ4v) is 1.07. The standard InChI is InChI=1S/C6H11ClSi/c1-4-6(3,5-2)8-7/h4-5H,1-2,8H2,3H3. The van der Waals surface area contributed by atoms with Crippen LogP contribution in [0.3, 0.4) is 0 Å². The van der Waals surface area contributed by atoms with Crippen molar-refractivity contribution in [3.63, 3.8) is 0 Å². The van der Waals surface area contributed by atoms with Crippen LogP contribution in [0.5, 0.6) is 0 Å².